The summed E-state index contributed by atoms with van der Waals surface area (Å²) in [4.78, 5) is 37.8. The van der Waals surface area contributed by atoms with Gasteiger partial charge in [-0.05, 0) is 69.8 Å². The summed E-state index contributed by atoms with van der Waals surface area (Å²) in [5.41, 5.74) is 4.15. The molecular formula is C31H38N4O3. The maximum atomic E-state index is 13.9. The molecule has 38 heavy (non-hydrogen) atoms. The van der Waals surface area contributed by atoms with Crippen LogP contribution in [0.25, 0.3) is 0 Å². The van der Waals surface area contributed by atoms with Crippen LogP contribution in [-0.4, -0.2) is 78.9 Å². The van der Waals surface area contributed by atoms with E-state index in [2.05, 4.69) is 17.0 Å². The van der Waals surface area contributed by atoms with E-state index in [-0.39, 0.29) is 17.7 Å². The number of nitrogens with zero attached hydrogens (tertiary/aromatic N) is 4. The average molecular weight is 515 g/mol. The molecule has 0 bridgehead atoms. The Labute approximate surface area is 226 Å². The number of hydrogen-bond acceptors (Lipinski definition) is 5. The maximum absolute atomic E-state index is 13.9. The molecule has 1 saturated heterocycles. The predicted octanol–water partition coefficient (Wildman–Crippen LogP) is 4.62. The van der Waals surface area contributed by atoms with E-state index in [1.54, 1.807) is 13.2 Å². The molecule has 1 aliphatic heterocycles. The molecule has 0 atom stereocenters. The second kappa shape index (κ2) is 12.7. The number of piperidine rings is 1. The molecule has 7 nitrogen and oxygen atoms in total. The lowest BCUT2D eigenvalue weighted by Crippen LogP contribution is -2.39. The molecule has 0 aliphatic carbocycles. The van der Waals surface area contributed by atoms with Crippen molar-refractivity contribution in [3.05, 3.63) is 94.8 Å². The minimum atomic E-state index is 0.00749. The zero-order valence-electron chi connectivity index (χ0n) is 22.9. The van der Waals surface area contributed by atoms with Gasteiger partial charge in [-0.2, -0.15) is 0 Å². The third-order valence-corrected chi connectivity index (χ3v) is 7.10. The Bertz CT molecular complexity index is 1240. The molecule has 0 spiro atoms. The van der Waals surface area contributed by atoms with Gasteiger partial charge in [0.15, 0.2) is 0 Å². The number of amides is 2. The molecule has 2 amide bonds. The molecule has 3 aromatic rings. The smallest absolute Gasteiger partial charge is 0.256 e. The highest BCUT2D eigenvalue weighted by Crippen LogP contribution is 2.31. The van der Waals surface area contributed by atoms with Crippen LogP contribution in [0.3, 0.4) is 0 Å². The van der Waals surface area contributed by atoms with Crippen LogP contribution in [-0.2, 0) is 6.54 Å². The van der Waals surface area contributed by atoms with Crippen LogP contribution in [0.2, 0.25) is 0 Å². The van der Waals surface area contributed by atoms with Gasteiger partial charge < -0.3 is 19.4 Å². The summed E-state index contributed by atoms with van der Waals surface area (Å²) in [6.45, 7) is 5.16. The summed E-state index contributed by atoms with van der Waals surface area (Å²) >= 11 is 0. The van der Waals surface area contributed by atoms with Crippen molar-refractivity contribution in [2.24, 2.45) is 0 Å². The lowest BCUT2D eigenvalue weighted by atomic mass is 9.89. The number of carbonyl (C=O) groups excluding carboxylic acids is 2. The summed E-state index contributed by atoms with van der Waals surface area (Å²) in [5, 5.41) is 0. The number of hydrogen-bond donors (Lipinski definition) is 0. The molecule has 1 aromatic heterocycles. The summed E-state index contributed by atoms with van der Waals surface area (Å²) in [5.74, 6) is 0.810. The fourth-order valence-corrected chi connectivity index (χ4v) is 4.91. The zero-order chi connectivity index (χ0) is 27.1. The van der Waals surface area contributed by atoms with Crippen molar-refractivity contribution in [3.63, 3.8) is 0 Å². The number of benzene rings is 2. The fraction of sp³-hybridized carbons (Fsp3) is 0.387. The Morgan fingerprint density at radius 2 is 1.71 bits per heavy atom. The van der Waals surface area contributed by atoms with Gasteiger partial charge in [0.1, 0.15) is 5.75 Å². The maximum Gasteiger partial charge on any atom is 0.256 e. The van der Waals surface area contributed by atoms with Gasteiger partial charge in [0.05, 0.1) is 18.4 Å². The molecule has 0 saturated carbocycles. The van der Waals surface area contributed by atoms with Gasteiger partial charge in [0.25, 0.3) is 11.8 Å². The number of aromatic nitrogens is 1. The quantitative estimate of drug-likeness (QED) is 0.417. The van der Waals surface area contributed by atoms with Crippen molar-refractivity contribution in [1.82, 2.24) is 19.7 Å². The normalized spacial score (nSPS) is 14.0. The van der Waals surface area contributed by atoms with Crippen molar-refractivity contribution >= 4 is 11.8 Å². The summed E-state index contributed by atoms with van der Waals surface area (Å²) < 4.78 is 5.28. The standard InChI is InChI=1S/C31H38N4O3/c1-23-13-14-28(31(37)35(20-19-33(2)3)22-24-9-6-5-7-10-24)29(32-23)25-15-17-34(18-16-25)30(36)26-11-8-12-27(21-26)38-4/h5-14,21,25H,15-20,22H2,1-4H3. The van der Waals surface area contributed by atoms with Crippen LogP contribution in [0.15, 0.2) is 66.7 Å². The number of likely N-dealkylation sites (N-methyl/N-ethyl adjacent to an activating group) is 1. The van der Waals surface area contributed by atoms with Gasteiger partial charge in [0.2, 0.25) is 0 Å². The van der Waals surface area contributed by atoms with E-state index < -0.39 is 0 Å². The second-order valence-electron chi connectivity index (χ2n) is 10.2. The molecule has 4 rings (SSSR count). The molecular weight excluding hydrogens is 476 g/mol. The van der Waals surface area contributed by atoms with Crippen molar-refractivity contribution in [1.29, 1.82) is 0 Å². The highest BCUT2D eigenvalue weighted by Gasteiger charge is 2.30. The number of likely N-dealkylation sites (tertiary alicyclic amines) is 1. The number of methoxy groups -OCH3 is 1. The van der Waals surface area contributed by atoms with Gasteiger partial charge in [-0.3, -0.25) is 14.6 Å². The minimum Gasteiger partial charge on any atom is -0.497 e. The monoisotopic (exact) mass is 514 g/mol. The van der Waals surface area contributed by atoms with Crippen LogP contribution in [0.1, 0.15) is 56.4 Å². The first-order valence-corrected chi connectivity index (χ1v) is 13.2. The Morgan fingerprint density at radius 1 is 0.974 bits per heavy atom. The molecule has 2 aromatic carbocycles. The Balaban J connectivity index is 1.52. The summed E-state index contributed by atoms with van der Waals surface area (Å²) in [6.07, 6.45) is 1.53. The predicted molar refractivity (Wildman–Crippen MR) is 150 cm³/mol. The molecule has 0 unspecified atom stereocenters. The average Bonchev–Trinajstić information content (AvgIpc) is 2.95. The number of ether oxygens (including phenoxy) is 1. The van der Waals surface area contributed by atoms with Crippen LogP contribution in [0.5, 0.6) is 5.75 Å². The molecule has 1 aliphatic rings. The summed E-state index contributed by atoms with van der Waals surface area (Å²) in [6, 6.07) is 21.2. The van der Waals surface area contributed by atoms with Crippen molar-refractivity contribution < 1.29 is 14.3 Å². The van der Waals surface area contributed by atoms with Gasteiger partial charge >= 0.3 is 0 Å². The van der Waals surface area contributed by atoms with Crippen LogP contribution in [0, 0.1) is 6.92 Å². The zero-order valence-corrected chi connectivity index (χ0v) is 22.9. The lowest BCUT2D eigenvalue weighted by molar-refractivity contribution is 0.0698. The molecule has 200 valence electrons. The summed E-state index contributed by atoms with van der Waals surface area (Å²) in [7, 11) is 5.64. The Kier molecular flexibility index (Phi) is 9.13. The van der Waals surface area contributed by atoms with Gasteiger partial charge in [-0.25, -0.2) is 0 Å². The molecule has 2 heterocycles. The van der Waals surface area contributed by atoms with Crippen molar-refractivity contribution in [2.45, 2.75) is 32.2 Å². The third-order valence-electron chi connectivity index (χ3n) is 7.10. The van der Waals surface area contributed by atoms with E-state index in [0.717, 1.165) is 36.3 Å². The lowest BCUT2D eigenvalue weighted by Gasteiger charge is -2.33. The molecule has 0 N–H and O–H groups in total. The largest absolute Gasteiger partial charge is 0.497 e. The van der Waals surface area contributed by atoms with E-state index >= 15 is 0 Å². The van der Waals surface area contributed by atoms with E-state index in [4.69, 9.17) is 9.72 Å². The van der Waals surface area contributed by atoms with E-state index in [0.29, 0.717) is 43.1 Å². The third kappa shape index (κ3) is 6.78. The molecule has 7 heteroatoms. The SMILES string of the molecule is COc1cccc(C(=O)N2CCC(c3nc(C)ccc3C(=O)N(CCN(C)C)Cc3ccccc3)CC2)c1. The first-order chi connectivity index (χ1) is 18.4. The van der Waals surface area contributed by atoms with E-state index in [9.17, 15) is 9.59 Å². The van der Waals surface area contributed by atoms with Crippen molar-refractivity contribution in [3.8, 4) is 5.75 Å². The topological polar surface area (TPSA) is 66.0 Å². The first-order valence-electron chi connectivity index (χ1n) is 13.2. The Hall–Kier alpha value is -3.71. The van der Waals surface area contributed by atoms with Gasteiger partial charge in [-0.1, -0.05) is 36.4 Å². The second-order valence-corrected chi connectivity index (χ2v) is 10.2. The molecule has 1 fully saturated rings. The Morgan fingerprint density at radius 3 is 2.39 bits per heavy atom. The fourth-order valence-electron chi connectivity index (χ4n) is 4.91. The highest BCUT2D eigenvalue weighted by atomic mass is 16.5. The van der Waals surface area contributed by atoms with Gasteiger partial charge in [0, 0.05) is 49.9 Å². The molecule has 0 radical (unpaired) electrons. The number of rotatable bonds is 9. The number of aryl methyl sites for hydroxylation is 1. The number of carbonyl (C=O) groups is 2. The minimum absolute atomic E-state index is 0.00749. The highest BCUT2D eigenvalue weighted by molar-refractivity contribution is 5.96. The number of pyridine rings is 1. The van der Waals surface area contributed by atoms with Crippen LogP contribution < -0.4 is 4.74 Å². The van der Waals surface area contributed by atoms with E-state index in [1.807, 2.05) is 79.3 Å². The van der Waals surface area contributed by atoms with E-state index in [1.165, 1.54) is 0 Å². The van der Waals surface area contributed by atoms with Gasteiger partial charge in [-0.15, -0.1) is 0 Å². The van der Waals surface area contributed by atoms with Crippen molar-refractivity contribution in [2.75, 3.05) is 47.4 Å². The first kappa shape index (κ1) is 27.3. The van der Waals surface area contributed by atoms with Crippen LogP contribution in [0.4, 0.5) is 0 Å². The van der Waals surface area contributed by atoms with Crippen LogP contribution >= 0.6 is 0 Å².